The minimum atomic E-state index is -1.18. The summed E-state index contributed by atoms with van der Waals surface area (Å²) in [7, 11) is 0. The van der Waals surface area contributed by atoms with Gasteiger partial charge in [0.15, 0.2) is 6.29 Å². The van der Waals surface area contributed by atoms with Crippen molar-refractivity contribution in [3.8, 4) is 0 Å². The Kier molecular flexibility index (Phi) is 4.77. The second-order valence-corrected chi connectivity index (χ2v) is 3.47. The van der Waals surface area contributed by atoms with E-state index in [-0.39, 0.29) is 6.61 Å². The van der Waals surface area contributed by atoms with E-state index < -0.39 is 24.6 Å². The molecule has 14 heavy (non-hydrogen) atoms. The van der Waals surface area contributed by atoms with Crippen molar-refractivity contribution in [2.45, 2.75) is 44.4 Å². The number of unbranched alkanes of at least 4 members (excludes halogenated alkanes) is 1. The zero-order valence-electron chi connectivity index (χ0n) is 8.30. The third-order valence-corrected chi connectivity index (χ3v) is 2.23. The van der Waals surface area contributed by atoms with Crippen LogP contribution < -0.4 is 0 Å². The summed E-state index contributed by atoms with van der Waals surface area (Å²) in [5, 5.41) is 27.9. The summed E-state index contributed by atoms with van der Waals surface area (Å²) >= 11 is 0. The predicted octanol–water partition coefficient (Wildman–Crippen LogP) is -0.758. The molecule has 1 unspecified atom stereocenters. The van der Waals surface area contributed by atoms with E-state index >= 15 is 0 Å². The first-order valence-electron chi connectivity index (χ1n) is 4.94. The van der Waals surface area contributed by atoms with E-state index in [1.165, 1.54) is 0 Å². The second kappa shape index (κ2) is 5.63. The van der Waals surface area contributed by atoms with Crippen LogP contribution in [0.15, 0.2) is 0 Å². The van der Waals surface area contributed by atoms with Gasteiger partial charge in [-0.15, -0.1) is 0 Å². The normalized spacial score (nSPS) is 38.6. The molecule has 5 nitrogen and oxygen atoms in total. The number of aliphatic hydroxyl groups is 3. The molecule has 3 N–H and O–H groups in total. The van der Waals surface area contributed by atoms with Crippen LogP contribution in [0.5, 0.6) is 0 Å². The smallest absolute Gasteiger partial charge is 0.186 e. The fraction of sp³-hybridized carbons (Fsp3) is 1.00. The van der Waals surface area contributed by atoms with Crippen LogP contribution in [0.1, 0.15) is 19.8 Å². The molecule has 0 radical (unpaired) electrons. The maximum atomic E-state index is 9.45. The molecular weight excluding hydrogens is 188 g/mol. The van der Waals surface area contributed by atoms with Crippen LogP contribution in [0, 0.1) is 0 Å². The number of ether oxygens (including phenoxy) is 2. The molecule has 0 aromatic heterocycles. The van der Waals surface area contributed by atoms with E-state index in [0.717, 1.165) is 12.8 Å². The van der Waals surface area contributed by atoms with E-state index in [9.17, 15) is 10.2 Å². The van der Waals surface area contributed by atoms with E-state index in [1.807, 2.05) is 6.92 Å². The van der Waals surface area contributed by atoms with Gasteiger partial charge in [-0.3, -0.25) is 0 Å². The molecule has 84 valence electrons. The quantitative estimate of drug-likeness (QED) is 0.527. The average Bonchev–Trinajstić information content (AvgIpc) is 2.18. The van der Waals surface area contributed by atoms with Crippen molar-refractivity contribution >= 4 is 0 Å². The maximum Gasteiger partial charge on any atom is 0.186 e. The number of rotatable bonds is 4. The van der Waals surface area contributed by atoms with Gasteiger partial charge in [0.2, 0.25) is 0 Å². The lowest BCUT2D eigenvalue weighted by Crippen LogP contribution is -2.53. The van der Waals surface area contributed by atoms with Crippen molar-refractivity contribution in [1.82, 2.24) is 0 Å². The summed E-state index contributed by atoms with van der Waals surface area (Å²) in [6, 6.07) is 0. The molecule has 0 spiro atoms. The van der Waals surface area contributed by atoms with Crippen molar-refractivity contribution in [2.75, 3.05) is 13.2 Å². The van der Waals surface area contributed by atoms with Crippen molar-refractivity contribution in [3.63, 3.8) is 0 Å². The largest absolute Gasteiger partial charge is 0.388 e. The van der Waals surface area contributed by atoms with Crippen molar-refractivity contribution in [2.24, 2.45) is 0 Å². The molecule has 0 bridgehead atoms. The van der Waals surface area contributed by atoms with Gasteiger partial charge in [-0.2, -0.15) is 0 Å². The Labute approximate surface area is 83.3 Å². The lowest BCUT2D eigenvalue weighted by atomic mass is 10.1. The topological polar surface area (TPSA) is 79.2 Å². The molecule has 0 amide bonds. The fourth-order valence-corrected chi connectivity index (χ4v) is 1.27. The maximum absolute atomic E-state index is 9.45. The van der Waals surface area contributed by atoms with Crippen LogP contribution in [0.4, 0.5) is 0 Å². The number of hydrogen-bond donors (Lipinski definition) is 3. The van der Waals surface area contributed by atoms with Gasteiger partial charge in [-0.05, 0) is 6.42 Å². The molecule has 0 aliphatic carbocycles. The minimum absolute atomic E-state index is 0.00494. The molecule has 1 saturated heterocycles. The van der Waals surface area contributed by atoms with Crippen molar-refractivity contribution in [1.29, 1.82) is 0 Å². The standard InChI is InChI=1S/C9H18O5/c1-2-3-4-13-9-8(12)7(11)6(10)5-14-9/h6-12H,2-5H2,1H3/t6-,7+,8-,9?/m1/s1. The van der Waals surface area contributed by atoms with Crippen LogP contribution in [0.2, 0.25) is 0 Å². The third kappa shape index (κ3) is 2.90. The van der Waals surface area contributed by atoms with Gasteiger partial charge < -0.3 is 24.8 Å². The summed E-state index contributed by atoms with van der Waals surface area (Å²) in [5.74, 6) is 0. The number of hydrogen-bond acceptors (Lipinski definition) is 5. The van der Waals surface area contributed by atoms with Gasteiger partial charge in [0.1, 0.15) is 18.3 Å². The highest BCUT2D eigenvalue weighted by Gasteiger charge is 2.37. The monoisotopic (exact) mass is 206 g/mol. The van der Waals surface area contributed by atoms with Crippen LogP contribution in [0.3, 0.4) is 0 Å². The Morgan fingerprint density at radius 1 is 1.29 bits per heavy atom. The lowest BCUT2D eigenvalue weighted by Gasteiger charge is -2.34. The highest BCUT2D eigenvalue weighted by Crippen LogP contribution is 2.16. The molecule has 0 aromatic rings. The van der Waals surface area contributed by atoms with Crippen LogP contribution in [-0.4, -0.2) is 53.1 Å². The number of aliphatic hydroxyl groups excluding tert-OH is 3. The summed E-state index contributed by atoms with van der Waals surface area (Å²) in [6.07, 6.45) is -2.33. The summed E-state index contributed by atoms with van der Waals surface area (Å²) in [6.45, 7) is 2.51. The second-order valence-electron chi connectivity index (χ2n) is 3.47. The molecule has 5 heteroatoms. The highest BCUT2D eigenvalue weighted by atomic mass is 16.7. The molecule has 4 atom stereocenters. The van der Waals surface area contributed by atoms with Crippen LogP contribution in [-0.2, 0) is 9.47 Å². The minimum Gasteiger partial charge on any atom is -0.388 e. The Bertz CT molecular complexity index is 163. The summed E-state index contributed by atoms with van der Waals surface area (Å²) in [4.78, 5) is 0. The molecule has 1 rings (SSSR count). The van der Waals surface area contributed by atoms with Crippen LogP contribution in [0.25, 0.3) is 0 Å². The average molecular weight is 206 g/mol. The van der Waals surface area contributed by atoms with Gasteiger partial charge in [0, 0.05) is 6.61 Å². The van der Waals surface area contributed by atoms with Gasteiger partial charge in [0.25, 0.3) is 0 Å². The molecule has 0 aromatic carbocycles. The highest BCUT2D eigenvalue weighted by molar-refractivity contribution is 4.82. The third-order valence-electron chi connectivity index (χ3n) is 2.23. The van der Waals surface area contributed by atoms with Gasteiger partial charge in [-0.1, -0.05) is 13.3 Å². The molecule has 1 aliphatic heterocycles. The first kappa shape index (κ1) is 11.9. The fourth-order valence-electron chi connectivity index (χ4n) is 1.27. The molecule has 1 aliphatic rings. The lowest BCUT2D eigenvalue weighted by molar-refractivity contribution is -0.269. The van der Waals surface area contributed by atoms with E-state index in [2.05, 4.69) is 0 Å². The molecule has 1 heterocycles. The first-order valence-corrected chi connectivity index (χ1v) is 4.94. The van der Waals surface area contributed by atoms with E-state index in [1.54, 1.807) is 0 Å². The van der Waals surface area contributed by atoms with Crippen molar-refractivity contribution < 1.29 is 24.8 Å². The van der Waals surface area contributed by atoms with Gasteiger partial charge >= 0.3 is 0 Å². The molecular formula is C9H18O5. The molecule has 1 fully saturated rings. The summed E-state index contributed by atoms with van der Waals surface area (Å²) in [5.41, 5.74) is 0. The Morgan fingerprint density at radius 2 is 2.00 bits per heavy atom. The van der Waals surface area contributed by atoms with Gasteiger partial charge in [0.05, 0.1) is 6.61 Å². The van der Waals surface area contributed by atoms with Crippen LogP contribution >= 0.6 is 0 Å². The predicted molar refractivity (Wildman–Crippen MR) is 48.6 cm³/mol. The summed E-state index contributed by atoms with van der Waals surface area (Å²) < 4.78 is 10.2. The first-order chi connectivity index (χ1) is 6.66. The Balaban J connectivity index is 2.31. The zero-order valence-corrected chi connectivity index (χ0v) is 8.30. The van der Waals surface area contributed by atoms with Crippen molar-refractivity contribution in [3.05, 3.63) is 0 Å². The molecule has 0 saturated carbocycles. The SMILES string of the molecule is CCCCOC1OC[C@@H](O)[C@H](O)[C@H]1O. The van der Waals surface area contributed by atoms with E-state index in [4.69, 9.17) is 14.6 Å². The Hall–Kier alpha value is -0.200. The Morgan fingerprint density at radius 3 is 2.64 bits per heavy atom. The van der Waals surface area contributed by atoms with E-state index in [0.29, 0.717) is 6.61 Å². The van der Waals surface area contributed by atoms with Gasteiger partial charge in [-0.25, -0.2) is 0 Å². The zero-order chi connectivity index (χ0) is 10.6.